The smallest absolute Gasteiger partial charge is 0.449 e. The van der Waals surface area contributed by atoms with Crippen molar-refractivity contribution in [3.05, 3.63) is 63.8 Å². The van der Waals surface area contributed by atoms with E-state index in [9.17, 15) is 31.5 Å². The lowest BCUT2D eigenvalue weighted by molar-refractivity contribution is -0.199. The van der Waals surface area contributed by atoms with E-state index in [2.05, 4.69) is 30.7 Å². The van der Waals surface area contributed by atoms with Crippen LogP contribution in [0.15, 0.2) is 36.5 Å². The number of anilines is 2. The van der Waals surface area contributed by atoms with Crippen LogP contribution < -0.4 is 16.0 Å². The van der Waals surface area contributed by atoms with E-state index < -0.39 is 36.3 Å². The Morgan fingerprint density at radius 1 is 1.09 bits per heavy atom. The van der Waals surface area contributed by atoms with Gasteiger partial charge in [0.25, 0.3) is 5.91 Å². The molecule has 1 amide bonds. The number of hydrogen-bond acceptors (Lipinski definition) is 8. The number of nitrogens with zero attached hydrogens (tertiary/aromatic N) is 4. The van der Waals surface area contributed by atoms with Gasteiger partial charge in [-0.1, -0.05) is 29.3 Å². The zero-order chi connectivity index (χ0) is 32.3. The van der Waals surface area contributed by atoms with Crippen LogP contribution in [0, 0.1) is 17.6 Å². The van der Waals surface area contributed by atoms with Gasteiger partial charge in [0.2, 0.25) is 5.95 Å². The van der Waals surface area contributed by atoms with Gasteiger partial charge in [0.15, 0.2) is 23.9 Å². The lowest BCUT2D eigenvalue weighted by Gasteiger charge is -2.24. The van der Waals surface area contributed by atoms with E-state index in [-0.39, 0.29) is 34.1 Å². The number of benzene rings is 2. The maximum atomic E-state index is 13.7. The first kappa shape index (κ1) is 32.3. The lowest BCUT2D eigenvalue weighted by Crippen LogP contribution is -2.32. The summed E-state index contributed by atoms with van der Waals surface area (Å²) in [5.74, 6) is -4.69. The van der Waals surface area contributed by atoms with Crippen LogP contribution in [0.1, 0.15) is 18.4 Å². The number of imidazole rings is 1. The van der Waals surface area contributed by atoms with Crippen molar-refractivity contribution in [3.8, 4) is 11.4 Å². The van der Waals surface area contributed by atoms with Crippen LogP contribution in [0.4, 0.5) is 33.6 Å². The monoisotopic (exact) mass is 671 g/mol. The molecule has 0 radical (unpaired) electrons. The fourth-order valence-corrected chi connectivity index (χ4v) is 5.46. The summed E-state index contributed by atoms with van der Waals surface area (Å²) in [6.45, 7) is 1.07. The highest BCUT2D eigenvalue weighted by Crippen LogP contribution is 2.39. The van der Waals surface area contributed by atoms with Gasteiger partial charge in [0, 0.05) is 18.8 Å². The molecule has 17 heteroatoms. The summed E-state index contributed by atoms with van der Waals surface area (Å²) in [5, 5.41) is 8.79. The zero-order valence-electron chi connectivity index (χ0n) is 23.2. The molecule has 4 aromatic rings. The molecule has 2 aromatic heterocycles. The summed E-state index contributed by atoms with van der Waals surface area (Å²) in [5.41, 5.74) is 1.70. The molecule has 1 aliphatic heterocycles. The molecule has 238 valence electrons. The van der Waals surface area contributed by atoms with Gasteiger partial charge in [0.1, 0.15) is 11.3 Å². The van der Waals surface area contributed by atoms with Crippen molar-refractivity contribution < 1.29 is 36.3 Å². The predicted molar refractivity (Wildman–Crippen MR) is 156 cm³/mol. The molecule has 0 spiro atoms. The molecular formula is C28H24Cl2F5N7O3. The van der Waals surface area contributed by atoms with Gasteiger partial charge in [-0.15, -0.1) is 0 Å². The number of piperidine rings is 1. The molecule has 1 aliphatic rings. The molecule has 3 heterocycles. The number of halogens is 7. The normalized spacial score (nSPS) is 15.2. The summed E-state index contributed by atoms with van der Waals surface area (Å²) in [6, 6.07) is 6.21. The van der Waals surface area contributed by atoms with Crippen LogP contribution in [0.25, 0.3) is 22.6 Å². The summed E-state index contributed by atoms with van der Waals surface area (Å²) in [7, 11) is 0. The molecule has 0 aliphatic carbocycles. The Morgan fingerprint density at radius 2 is 1.84 bits per heavy atom. The Balaban J connectivity index is 1.43. The maximum absolute atomic E-state index is 13.7. The van der Waals surface area contributed by atoms with Crippen LogP contribution in [0.2, 0.25) is 10.0 Å². The highest BCUT2D eigenvalue weighted by Gasteiger charge is 2.41. The third kappa shape index (κ3) is 7.78. The van der Waals surface area contributed by atoms with Crippen molar-refractivity contribution in [2.45, 2.75) is 32.1 Å². The quantitative estimate of drug-likeness (QED) is 0.152. The van der Waals surface area contributed by atoms with Crippen LogP contribution in [-0.4, -0.2) is 57.3 Å². The van der Waals surface area contributed by atoms with Crippen molar-refractivity contribution >= 4 is 57.9 Å². The largest absolute Gasteiger partial charge is 0.490 e. The van der Waals surface area contributed by atoms with Gasteiger partial charge in [-0.2, -0.15) is 18.2 Å². The Morgan fingerprint density at radius 3 is 2.51 bits per heavy atom. The van der Waals surface area contributed by atoms with Gasteiger partial charge in [-0.3, -0.25) is 4.79 Å². The second-order valence-corrected chi connectivity index (χ2v) is 11.0. The molecular weight excluding hydrogens is 648 g/mol. The van der Waals surface area contributed by atoms with E-state index in [4.69, 9.17) is 28.2 Å². The Bertz CT molecular complexity index is 1720. The molecule has 1 saturated heterocycles. The van der Waals surface area contributed by atoms with E-state index in [0.29, 0.717) is 34.7 Å². The number of aromatic nitrogens is 4. The number of carbonyl (C=O) groups excluding carboxylic acids is 2. The van der Waals surface area contributed by atoms with Crippen LogP contribution in [-0.2, 0) is 27.4 Å². The van der Waals surface area contributed by atoms with E-state index in [1.807, 2.05) is 4.57 Å². The second kappa shape index (κ2) is 13.5. The number of rotatable bonds is 9. The first-order valence-corrected chi connectivity index (χ1v) is 14.3. The minimum absolute atomic E-state index is 0.0458. The Kier molecular flexibility index (Phi) is 9.70. The Hall–Kier alpha value is -4.08. The van der Waals surface area contributed by atoms with Crippen LogP contribution in [0.5, 0.6) is 0 Å². The van der Waals surface area contributed by atoms with Gasteiger partial charge < -0.3 is 25.3 Å². The lowest BCUT2D eigenvalue weighted by atomic mass is 9.99. The topological polar surface area (TPSA) is 123 Å². The molecule has 2 aromatic carbocycles. The SMILES string of the molecule is O=C(COC(=O)C(F)(F)F)Nc1cc(Cl)c(-c2nc3cnc(NCc4ccc(F)c(F)c4)nc3n2CC2CCCNC2)c(Cl)c1. The first-order valence-electron chi connectivity index (χ1n) is 13.5. The summed E-state index contributed by atoms with van der Waals surface area (Å²) >= 11 is 13.2. The summed E-state index contributed by atoms with van der Waals surface area (Å²) < 4.78 is 69.9. The zero-order valence-corrected chi connectivity index (χ0v) is 24.7. The fourth-order valence-electron chi connectivity index (χ4n) is 4.81. The second-order valence-electron chi connectivity index (χ2n) is 10.2. The molecule has 0 bridgehead atoms. The van der Waals surface area contributed by atoms with Crippen molar-refractivity contribution in [3.63, 3.8) is 0 Å². The summed E-state index contributed by atoms with van der Waals surface area (Å²) in [6.07, 6.45) is -1.84. The molecule has 3 N–H and O–H groups in total. The van der Waals surface area contributed by atoms with Crippen molar-refractivity contribution in [1.29, 1.82) is 0 Å². The Labute approximate surface area is 262 Å². The van der Waals surface area contributed by atoms with Crippen molar-refractivity contribution in [2.75, 3.05) is 30.3 Å². The van der Waals surface area contributed by atoms with Crippen LogP contribution in [0.3, 0.4) is 0 Å². The molecule has 0 saturated carbocycles. The highest BCUT2D eigenvalue weighted by atomic mass is 35.5. The molecule has 45 heavy (non-hydrogen) atoms. The van der Waals surface area contributed by atoms with Gasteiger partial charge in [0.05, 0.1) is 21.8 Å². The number of hydrogen-bond donors (Lipinski definition) is 3. The average Bonchev–Trinajstić information content (AvgIpc) is 3.33. The molecule has 1 fully saturated rings. The van der Waals surface area contributed by atoms with Gasteiger partial charge in [-0.25, -0.2) is 23.5 Å². The predicted octanol–water partition coefficient (Wildman–Crippen LogP) is 5.73. The number of amides is 1. The third-order valence-electron chi connectivity index (χ3n) is 6.88. The average molecular weight is 672 g/mol. The standard InChI is InChI=1S/C28H24Cl2F5N7O3/c29-17-7-16(39-22(43)13-45-26(44)28(33,34)35)8-18(30)23(17)25-40-21-11-38-27(37-10-14-3-4-19(31)20(32)6-14)41-24(21)42(25)12-15-2-1-5-36-9-15/h3-4,6-8,11,15,36H,1-2,5,9-10,12-13H2,(H,39,43)(H,37,38,41). The number of nitrogens with one attached hydrogen (secondary N) is 3. The number of carbonyl (C=O) groups is 2. The van der Waals surface area contributed by atoms with E-state index >= 15 is 0 Å². The van der Waals surface area contributed by atoms with E-state index in [0.717, 1.165) is 38.1 Å². The van der Waals surface area contributed by atoms with Crippen molar-refractivity contribution in [1.82, 2.24) is 24.8 Å². The number of fused-ring (bicyclic) bond motifs is 1. The van der Waals surface area contributed by atoms with Crippen LogP contribution >= 0.6 is 23.2 Å². The minimum Gasteiger partial charge on any atom is -0.449 e. The molecule has 1 atom stereocenters. The van der Waals surface area contributed by atoms with Gasteiger partial charge >= 0.3 is 12.1 Å². The summed E-state index contributed by atoms with van der Waals surface area (Å²) in [4.78, 5) is 36.6. The number of esters is 1. The highest BCUT2D eigenvalue weighted by molar-refractivity contribution is 6.39. The van der Waals surface area contributed by atoms with E-state index in [1.165, 1.54) is 24.4 Å². The number of alkyl halides is 3. The molecule has 5 rings (SSSR count). The minimum atomic E-state index is -5.24. The number of ether oxygens (including phenoxy) is 1. The van der Waals surface area contributed by atoms with Crippen molar-refractivity contribution in [2.24, 2.45) is 5.92 Å². The van der Waals surface area contributed by atoms with Gasteiger partial charge in [-0.05, 0) is 61.7 Å². The van der Waals surface area contributed by atoms with E-state index in [1.54, 1.807) is 0 Å². The molecule has 1 unspecified atom stereocenters. The maximum Gasteiger partial charge on any atom is 0.490 e. The first-order chi connectivity index (χ1) is 21.4. The third-order valence-corrected chi connectivity index (χ3v) is 7.47. The molecule has 10 nitrogen and oxygen atoms in total. The fraction of sp³-hybridized carbons (Fsp3) is 0.321.